The Morgan fingerprint density at radius 1 is 1.58 bits per heavy atom. The van der Waals surface area contributed by atoms with E-state index >= 15 is 0 Å². The number of thiophene rings is 1. The van der Waals surface area contributed by atoms with Crippen molar-refractivity contribution >= 4 is 17.2 Å². The first-order valence-corrected chi connectivity index (χ1v) is 7.03. The normalized spacial score (nSPS) is 10.6. The zero-order valence-corrected chi connectivity index (χ0v) is 11.6. The molecule has 0 aliphatic carbocycles. The van der Waals surface area contributed by atoms with Crippen LogP contribution in [0.1, 0.15) is 17.1 Å². The smallest absolute Gasteiger partial charge is 0.227 e. The summed E-state index contributed by atoms with van der Waals surface area (Å²) in [6.45, 7) is 2.61. The molecule has 2 heterocycles. The van der Waals surface area contributed by atoms with Crippen LogP contribution in [0.15, 0.2) is 23.0 Å². The fourth-order valence-electron chi connectivity index (χ4n) is 1.85. The highest BCUT2D eigenvalue weighted by molar-refractivity contribution is 7.07. The fourth-order valence-corrected chi connectivity index (χ4v) is 2.52. The fraction of sp³-hybridized carbons (Fsp3) is 0.385. The van der Waals surface area contributed by atoms with E-state index in [0.29, 0.717) is 19.5 Å². The Hall–Kier alpha value is -1.66. The van der Waals surface area contributed by atoms with E-state index in [1.807, 2.05) is 23.8 Å². The molecule has 0 unspecified atom stereocenters. The molecule has 2 aromatic rings. The molecular formula is C13H17N3O2S. The average Bonchev–Trinajstić information content (AvgIpc) is 3.01. The van der Waals surface area contributed by atoms with Gasteiger partial charge in [-0.1, -0.05) is 0 Å². The Kier molecular flexibility index (Phi) is 4.70. The van der Waals surface area contributed by atoms with Crippen LogP contribution >= 0.6 is 11.3 Å². The summed E-state index contributed by atoms with van der Waals surface area (Å²) < 4.78 is 0. The molecule has 6 heteroatoms. The Balaban J connectivity index is 2.00. The molecule has 102 valence electrons. The third-order valence-electron chi connectivity index (χ3n) is 2.77. The minimum absolute atomic E-state index is 0.0136. The van der Waals surface area contributed by atoms with Crippen LogP contribution in [0.5, 0.6) is 0 Å². The van der Waals surface area contributed by atoms with Crippen LogP contribution in [0.2, 0.25) is 0 Å². The minimum Gasteiger partial charge on any atom is -0.395 e. The zero-order chi connectivity index (χ0) is 13.7. The van der Waals surface area contributed by atoms with Crippen LogP contribution in [-0.2, 0) is 17.8 Å². The lowest BCUT2D eigenvalue weighted by atomic mass is 10.2. The molecule has 0 aliphatic rings. The zero-order valence-electron chi connectivity index (χ0n) is 10.8. The van der Waals surface area contributed by atoms with Crippen molar-refractivity contribution in [1.29, 1.82) is 0 Å². The van der Waals surface area contributed by atoms with Crippen molar-refractivity contribution in [2.45, 2.75) is 19.9 Å². The van der Waals surface area contributed by atoms with Gasteiger partial charge in [-0.3, -0.25) is 4.79 Å². The van der Waals surface area contributed by atoms with E-state index in [9.17, 15) is 4.79 Å². The van der Waals surface area contributed by atoms with Gasteiger partial charge in [0.2, 0.25) is 5.91 Å². The lowest BCUT2D eigenvalue weighted by Gasteiger charge is -2.20. The molecule has 2 aromatic heterocycles. The number of carbonyl (C=O) groups is 1. The molecule has 0 aromatic carbocycles. The summed E-state index contributed by atoms with van der Waals surface area (Å²) >= 11 is 1.58. The molecule has 0 atom stereocenters. The lowest BCUT2D eigenvalue weighted by Crippen LogP contribution is -2.34. The van der Waals surface area contributed by atoms with Gasteiger partial charge in [-0.2, -0.15) is 11.3 Å². The number of H-pyrrole nitrogens is 1. The van der Waals surface area contributed by atoms with E-state index in [2.05, 4.69) is 9.97 Å². The van der Waals surface area contributed by atoms with Crippen LogP contribution in [0.4, 0.5) is 0 Å². The molecule has 0 spiro atoms. The summed E-state index contributed by atoms with van der Waals surface area (Å²) in [5.41, 5.74) is 1.89. The van der Waals surface area contributed by atoms with Crippen LogP contribution in [0, 0.1) is 6.92 Å². The maximum Gasteiger partial charge on any atom is 0.227 e. The predicted octanol–water partition coefficient (Wildman–Crippen LogP) is 1.34. The SMILES string of the molecule is Cc1ncc(CN(CCO)C(=O)Cc2ccsc2)[nH]1. The van der Waals surface area contributed by atoms with E-state index in [1.54, 1.807) is 22.4 Å². The Bertz CT molecular complexity index is 522. The van der Waals surface area contributed by atoms with Crippen molar-refractivity contribution < 1.29 is 9.90 Å². The monoisotopic (exact) mass is 279 g/mol. The highest BCUT2D eigenvalue weighted by atomic mass is 32.1. The van der Waals surface area contributed by atoms with E-state index in [0.717, 1.165) is 17.1 Å². The first kappa shape index (κ1) is 13.8. The van der Waals surface area contributed by atoms with Gasteiger partial charge in [0, 0.05) is 6.54 Å². The third kappa shape index (κ3) is 3.90. The number of aliphatic hydroxyl groups excluding tert-OH is 1. The summed E-state index contributed by atoms with van der Waals surface area (Å²) in [5.74, 6) is 0.837. The minimum atomic E-state index is -0.0392. The van der Waals surface area contributed by atoms with Gasteiger partial charge >= 0.3 is 0 Å². The summed E-state index contributed by atoms with van der Waals surface area (Å²) in [4.78, 5) is 21.0. The van der Waals surface area contributed by atoms with Gasteiger partial charge in [-0.15, -0.1) is 0 Å². The van der Waals surface area contributed by atoms with E-state index in [1.165, 1.54) is 0 Å². The van der Waals surface area contributed by atoms with Crippen molar-refractivity contribution in [3.8, 4) is 0 Å². The van der Waals surface area contributed by atoms with Gasteiger partial charge in [-0.05, 0) is 29.3 Å². The van der Waals surface area contributed by atoms with Crippen molar-refractivity contribution in [1.82, 2.24) is 14.9 Å². The number of nitrogens with zero attached hydrogens (tertiary/aromatic N) is 2. The molecule has 5 nitrogen and oxygen atoms in total. The number of carbonyl (C=O) groups excluding carboxylic acids is 1. The molecule has 0 bridgehead atoms. The van der Waals surface area contributed by atoms with E-state index in [4.69, 9.17) is 5.11 Å². The van der Waals surface area contributed by atoms with Crippen molar-refractivity contribution in [2.24, 2.45) is 0 Å². The van der Waals surface area contributed by atoms with E-state index in [-0.39, 0.29) is 12.5 Å². The molecular weight excluding hydrogens is 262 g/mol. The average molecular weight is 279 g/mol. The van der Waals surface area contributed by atoms with Crippen LogP contribution in [-0.4, -0.2) is 39.0 Å². The summed E-state index contributed by atoms with van der Waals surface area (Å²) in [6.07, 6.45) is 2.09. The van der Waals surface area contributed by atoms with Gasteiger partial charge < -0.3 is 15.0 Å². The quantitative estimate of drug-likeness (QED) is 0.838. The topological polar surface area (TPSA) is 69.2 Å². The second-order valence-corrected chi connectivity index (χ2v) is 5.12. The number of aliphatic hydroxyl groups is 1. The molecule has 1 amide bonds. The summed E-state index contributed by atoms with van der Waals surface area (Å²) in [6, 6.07) is 1.94. The molecule has 0 fully saturated rings. The predicted molar refractivity (Wildman–Crippen MR) is 73.9 cm³/mol. The lowest BCUT2D eigenvalue weighted by molar-refractivity contribution is -0.131. The highest BCUT2D eigenvalue weighted by Crippen LogP contribution is 2.10. The third-order valence-corrected chi connectivity index (χ3v) is 3.51. The van der Waals surface area contributed by atoms with Crippen LogP contribution < -0.4 is 0 Å². The highest BCUT2D eigenvalue weighted by Gasteiger charge is 2.15. The Morgan fingerprint density at radius 2 is 2.42 bits per heavy atom. The largest absolute Gasteiger partial charge is 0.395 e. The second kappa shape index (κ2) is 6.49. The standard InChI is InChI=1S/C13H17N3O2S/c1-10-14-7-12(15-10)8-16(3-4-17)13(18)6-11-2-5-19-9-11/h2,5,7,9,17H,3-4,6,8H2,1H3,(H,14,15). The number of imidazole rings is 1. The van der Waals surface area contributed by atoms with E-state index < -0.39 is 0 Å². The summed E-state index contributed by atoms with van der Waals surface area (Å²) in [5, 5.41) is 13.0. The molecule has 0 radical (unpaired) electrons. The number of aryl methyl sites for hydroxylation is 1. The molecule has 0 aliphatic heterocycles. The van der Waals surface area contributed by atoms with Gasteiger partial charge in [0.05, 0.1) is 31.5 Å². The van der Waals surface area contributed by atoms with Crippen LogP contribution in [0.3, 0.4) is 0 Å². The first-order chi connectivity index (χ1) is 9.19. The Labute approximate surface area is 115 Å². The number of rotatable bonds is 6. The number of aromatic amines is 1. The summed E-state index contributed by atoms with van der Waals surface area (Å²) in [7, 11) is 0. The molecule has 0 saturated heterocycles. The van der Waals surface area contributed by atoms with Gasteiger partial charge in [0.25, 0.3) is 0 Å². The molecule has 0 saturated carbocycles. The number of aromatic nitrogens is 2. The number of hydrogen-bond donors (Lipinski definition) is 2. The number of amides is 1. The van der Waals surface area contributed by atoms with Crippen molar-refractivity contribution in [2.75, 3.05) is 13.2 Å². The van der Waals surface area contributed by atoms with Gasteiger partial charge in [0.1, 0.15) is 5.82 Å². The number of hydrogen-bond acceptors (Lipinski definition) is 4. The van der Waals surface area contributed by atoms with Crippen molar-refractivity contribution in [3.63, 3.8) is 0 Å². The molecule has 19 heavy (non-hydrogen) atoms. The molecule has 2 rings (SSSR count). The van der Waals surface area contributed by atoms with Gasteiger partial charge in [-0.25, -0.2) is 4.98 Å². The Morgan fingerprint density at radius 3 is 3.00 bits per heavy atom. The van der Waals surface area contributed by atoms with Crippen molar-refractivity contribution in [3.05, 3.63) is 40.1 Å². The second-order valence-electron chi connectivity index (χ2n) is 4.34. The maximum absolute atomic E-state index is 12.2. The van der Waals surface area contributed by atoms with Crippen LogP contribution in [0.25, 0.3) is 0 Å². The van der Waals surface area contributed by atoms with Gasteiger partial charge in [0.15, 0.2) is 0 Å². The maximum atomic E-state index is 12.2. The first-order valence-electron chi connectivity index (χ1n) is 6.09. The molecule has 2 N–H and O–H groups in total. The number of nitrogens with one attached hydrogen (secondary N) is 1.